The highest BCUT2D eigenvalue weighted by atomic mass is 16.2. The Labute approximate surface area is 294 Å². The van der Waals surface area contributed by atoms with Gasteiger partial charge in [0.05, 0.1) is 17.1 Å². The average Bonchev–Trinajstić information content (AvgIpc) is 3.46. The number of fused-ring (bicyclic) bond motifs is 1. The normalized spacial score (nSPS) is 13.6. The Morgan fingerprint density at radius 3 is 1.92 bits per heavy atom. The summed E-state index contributed by atoms with van der Waals surface area (Å²) in [5.74, 6) is -1.26. The highest BCUT2D eigenvalue weighted by Gasteiger charge is 2.33. The lowest BCUT2D eigenvalue weighted by atomic mass is 9.96. The molecule has 0 fully saturated rings. The van der Waals surface area contributed by atoms with Crippen LogP contribution in [0.15, 0.2) is 84.9 Å². The van der Waals surface area contributed by atoms with E-state index >= 15 is 0 Å². The summed E-state index contributed by atoms with van der Waals surface area (Å²) >= 11 is 0. The van der Waals surface area contributed by atoms with Gasteiger partial charge in [0.15, 0.2) is 0 Å². The zero-order chi connectivity index (χ0) is 36.0. The van der Waals surface area contributed by atoms with Gasteiger partial charge in [0, 0.05) is 19.9 Å². The van der Waals surface area contributed by atoms with E-state index in [0.717, 1.165) is 22.2 Å². The van der Waals surface area contributed by atoms with E-state index in [1.165, 1.54) is 0 Å². The lowest BCUT2D eigenvalue weighted by Crippen LogP contribution is -2.59. The zero-order valence-corrected chi connectivity index (χ0v) is 29.5. The van der Waals surface area contributed by atoms with Crippen molar-refractivity contribution in [3.05, 3.63) is 102 Å². The standard InChI is InChI=1S/C39H51N7O4/c1-5-26(3)35(44-38(49)31(42-34(47)6-2)25-33-41-29-21-13-14-23-32(29)46(33)4)39(50)43-30(22-15-16-24-40)37(48)45-36(27-17-9-7-10-18-27)28-19-11-8-12-20-28/h7-14,17-21,23,26,30-31,35-36H,5-6,15-16,22,24-25,40H2,1-4H3,(H,42,47)(H,43,50)(H,44,49)(H,45,48)/t26-,30-,31-,35-/m0/s1. The molecule has 0 aliphatic rings. The summed E-state index contributed by atoms with van der Waals surface area (Å²) in [6.07, 6.45) is 2.58. The summed E-state index contributed by atoms with van der Waals surface area (Å²) in [6, 6.07) is 23.7. The summed E-state index contributed by atoms with van der Waals surface area (Å²) in [7, 11) is 1.87. The van der Waals surface area contributed by atoms with Crippen LogP contribution in [0.1, 0.15) is 75.9 Å². The van der Waals surface area contributed by atoms with E-state index in [9.17, 15) is 19.2 Å². The third kappa shape index (κ3) is 10.0. The number of carbonyl (C=O) groups excluding carboxylic acids is 4. The van der Waals surface area contributed by atoms with Crippen LogP contribution in [0.3, 0.4) is 0 Å². The number of amides is 4. The topological polar surface area (TPSA) is 160 Å². The molecule has 0 aliphatic carbocycles. The third-order valence-electron chi connectivity index (χ3n) is 9.16. The quantitative estimate of drug-likeness (QED) is 0.0997. The Hall–Kier alpha value is -5.03. The minimum Gasteiger partial charge on any atom is -0.344 e. The van der Waals surface area contributed by atoms with Gasteiger partial charge in [0.2, 0.25) is 23.6 Å². The van der Waals surface area contributed by atoms with E-state index in [-0.39, 0.29) is 30.6 Å². The van der Waals surface area contributed by atoms with Crippen molar-refractivity contribution in [1.82, 2.24) is 30.8 Å². The number of imidazole rings is 1. The van der Waals surface area contributed by atoms with E-state index in [4.69, 9.17) is 10.7 Å². The molecule has 50 heavy (non-hydrogen) atoms. The molecule has 11 heteroatoms. The molecule has 4 aromatic rings. The van der Waals surface area contributed by atoms with Gasteiger partial charge in [-0.1, -0.05) is 100.0 Å². The van der Waals surface area contributed by atoms with Crippen molar-refractivity contribution in [3.63, 3.8) is 0 Å². The van der Waals surface area contributed by atoms with Gasteiger partial charge in [-0.3, -0.25) is 19.2 Å². The van der Waals surface area contributed by atoms with Crippen molar-refractivity contribution < 1.29 is 19.2 Å². The maximum Gasteiger partial charge on any atom is 0.243 e. The first kappa shape index (κ1) is 37.8. The smallest absolute Gasteiger partial charge is 0.243 e. The number of para-hydroxylation sites is 2. The number of aryl methyl sites for hydroxylation is 1. The zero-order valence-electron chi connectivity index (χ0n) is 29.5. The third-order valence-corrected chi connectivity index (χ3v) is 9.16. The SMILES string of the molecule is CCC(=O)N[C@@H](Cc1nc2ccccc2n1C)C(=O)N[C@H](C(=O)N[C@@H](CCCCN)C(=O)NC(c1ccccc1)c1ccccc1)[C@@H](C)CC. The number of hydrogen-bond acceptors (Lipinski definition) is 6. The van der Waals surface area contributed by atoms with Gasteiger partial charge in [-0.25, -0.2) is 4.98 Å². The van der Waals surface area contributed by atoms with Crippen LogP contribution in [-0.4, -0.2) is 57.9 Å². The van der Waals surface area contributed by atoms with Crippen LogP contribution in [0.2, 0.25) is 0 Å². The van der Waals surface area contributed by atoms with Crippen molar-refractivity contribution in [2.24, 2.45) is 18.7 Å². The highest BCUT2D eigenvalue weighted by Crippen LogP contribution is 2.22. The number of rotatable bonds is 18. The number of nitrogens with one attached hydrogen (secondary N) is 4. The molecule has 0 unspecified atom stereocenters. The fraction of sp³-hybridized carbons (Fsp3) is 0.410. The van der Waals surface area contributed by atoms with Crippen LogP contribution < -0.4 is 27.0 Å². The van der Waals surface area contributed by atoms with Gasteiger partial charge in [0.25, 0.3) is 0 Å². The first-order valence-electron chi connectivity index (χ1n) is 17.6. The fourth-order valence-electron chi connectivity index (χ4n) is 5.94. The number of aromatic nitrogens is 2. The maximum absolute atomic E-state index is 14.0. The summed E-state index contributed by atoms with van der Waals surface area (Å²) in [5, 5.41) is 11.9. The maximum atomic E-state index is 14.0. The first-order valence-corrected chi connectivity index (χ1v) is 17.6. The monoisotopic (exact) mass is 681 g/mol. The Morgan fingerprint density at radius 2 is 1.34 bits per heavy atom. The van der Waals surface area contributed by atoms with E-state index in [1.807, 2.05) is 110 Å². The molecule has 266 valence electrons. The lowest BCUT2D eigenvalue weighted by molar-refractivity contribution is -0.134. The largest absolute Gasteiger partial charge is 0.344 e. The van der Waals surface area contributed by atoms with Crippen LogP contribution in [0.4, 0.5) is 0 Å². The number of benzene rings is 3. The van der Waals surface area contributed by atoms with E-state index in [2.05, 4.69) is 21.3 Å². The second kappa shape index (κ2) is 18.7. The predicted octanol–water partition coefficient (Wildman–Crippen LogP) is 4.06. The molecule has 1 heterocycles. The molecule has 0 saturated heterocycles. The van der Waals surface area contributed by atoms with Crippen LogP contribution in [0.5, 0.6) is 0 Å². The minimum atomic E-state index is -0.974. The van der Waals surface area contributed by atoms with Crippen LogP contribution in [-0.2, 0) is 32.6 Å². The minimum absolute atomic E-state index is 0.127. The Morgan fingerprint density at radius 1 is 0.740 bits per heavy atom. The van der Waals surface area contributed by atoms with E-state index < -0.39 is 36.0 Å². The predicted molar refractivity (Wildman–Crippen MR) is 196 cm³/mol. The van der Waals surface area contributed by atoms with Crippen molar-refractivity contribution in [2.45, 2.75) is 83.5 Å². The van der Waals surface area contributed by atoms with Gasteiger partial charge >= 0.3 is 0 Å². The molecular formula is C39H51N7O4. The number of carbonyl (C=O) groups is 4. The lowest BCUT2D eigenvalue weighted by Gasteiger charge is -2.29. The molecule has 0 radical (unpaired) electrons. The Bertz CT molecular complexity index is 1670. The van der Waals surface area contributed by atoms with Gasteiger partial charge in [-0.2, -0.15) is 0 Å². The number of nitrogens with two attached hydrogens (primary N) is 1. The second-order valence-corrected chi connectivity index (χ2v) is 12.7. The number of unbranched alkanes of at least 4 members (excludes halogenated alkanes) is 1. The van der Waals surface area contributed by atoms with Gasteiger partial charge in [-0.05, 0) is 55.0 Å². The molecule has 4 atom stereocenters. The van der Waals surface area contributed by atoms with Crippen LogP contribution in [0.25, 0.3) is 11.0 Å². The summed E-state index contributed by atoms with van der Waals surface area (Å²) in [4.78, 5) is 59.2. The van der Waals surface area contributed by atoms with Gasteiger partial charge in [0.1, 0.15) is 23.9 Å². The molecule has 3 aromatic carbocycles. The van der Waals surface area contributed by atoms with Crippen molar-refractivity contribution in [2.75, 3.05) is 6.54 Å². The average molecular weight is 682 g/mol. The van der Waals surface area contributed by atoms with Crippen LogP contribution in [0, 0.1) is 5.92 Å². The fourth-order valence-corrected chi connectivity index (χ4v) is 5.94. The summed E-state index contributed by atoms with van der Waals surface area (Å²) in [6.45, 7) is 5.98. The van der Waals surface area contributed by atoms with Crippen molar-refractivity contribution >= 4 is 34.7 Å². The van der Waals surface area contributed by atoms with Crippen molar-refractivity contribution in [1.29, 1.82) is 0 Å². The van der Waals surface area contributed by atoms with Crippen LogP contribution >= 0.6 is 0 Å². The molecular weight excluding hydrogens is 630 g/mol. The highest BCUT2D eigenvalue weighted by molar-refractivity contribution is 5.94. The summed E-state index contributed by atoms with van der Waals surface area (Å²) < 4.78 is 1.90. The molecule has 6 N–H and O–H groups in total. The number of hydrogen-bond donors (Lipinski definition) is 5. The Balaban J connectivity index is 1.56. The van der Waals surface area contributed by atoms with E-state index in [0.29, 0.717) is 38.1 Å². The van der Waals surface area contributed by atoms with Gasteiger partial charge < -0.3 is 31.6 Å². The molecule has 0 bridgehead atoms. The first-order chi connectivity index (χ1) is 24.2. The molecule has 0 aliphatic heterocycles. The molecule has 1 aromatic heterocycles. The second-order valence-electron chi connectivity index (χ2n) is 12.7. The van der Waals surface area contributed by atoms with Gasteiger partial charge in [-0.15, -0.1) is 0 Å². The molecule has 11 nitrogen and oxygen atoms in total. The number of nitrogens with zero attached hydrogens (tertiary/aromatic N) is 2. The molecule has 4 rings (SSSR count). The molecule has 4 amide bonds. The van der Waals surface area contributed by atoms with Crippen molar-refractivity contribution in [3.8, 4) is 0 Å². The van der Waals surface area contributed by atoms with E-state index in [1.54, 1.807) is 6.92 Å². The molecule has 0 spiro atoms. The molecule has 0 saturated carbocycles. The Kier molecular flexibility index (Phi) is 14.1. The summed E-state index contributed by atoms with van der Waals surface area (Å²) in [5.41, 5.74) is 9.27.